The zero-order valence-electron chi connectivity index (χ0n) is 15.3. The molecule has 0 amide bonds. The number of nitrogens with zero attached hydrogens (tertiary/aromatic N) is 4. The molecule has 26 heavy (non-hydrogen) atoms. The second-order valence-corrected chi connectivity index (χ2v) is 6.19. The van der Waals surface area contributed by atoms with Crippen LogP contribution in [0, 0.1) is 12.7 Å². The number of anilines is 1. The van der Waals surface area contributed by atoms with E-state index < -0.39 is 5.97 Å². The Hall–Kier alpha value is -2.96. The predicted octanol–water partition coefficient (Wildman–Crippen LogP) is 3.23. The van der Waals surface area contributed by atoms with Crippen molar-refractivity contribution in [1.29, 1.82) is 0 Å². The molecule has 1 aromatic carbocycles. The summed E-state index contributed by atoms with van der Waals surface area (Å²) < 4.78 is 20.7. The van der Waals surface area contributed by atoms with Crippen LogP contribution in [0.3, 0.4) is 0 Å². The van der Waals surface area contributed by atoms with Crippen molar-refractivity contribution in [3.05, 3.63) is 53.1 Å². The molecule has 0 radical (unpaired) electrons. The smallest absolute Gasteiger partial charge is 0.341 e. The number of rotatable bonds is 5. The summed E-state index contributed by atoms with van der Waals surface area (Å²) in [5, 5.41) is 4.98. The minimum atomic E-state index is -0.442. The normalized spacial score (nSPS) is 11.0. The number of carbonyl (C=O) groups is 1. The largest absolute Gasteiger partial charge is 0.462 e. The van der Waals surface area contributed by atoms with E-state index in [1.807, 2.05) is 18.0 Å². The maximum absolute atomic E-state index is 13.9. The Labute approximate surface area is 151 Å². The van der Waals surface area contributed by atoms with Crippen LogP contribution in [0.1, 0.15) is 28.4 Å². The summed E-state index contributed by atoms with van der Waals surface area (Å²) in [6.45, 7) is 4.18. The molecule has 0 unspecified atom stereocenters. The van der Waals surface area contributed by atoms with Crippen molar-refractivity contribution in [1.82, 2.24) is 14.8 Å². The van der Waals surface area contributed by atoms with Gasteiger partial charge in [-0.3, -0.25) is 4.68 Å². The second-order valence-electron chi connectivity index (χ2n) is 6.19. The number of hydrogen-bond acceptors (Lipinski definition) is 5. The Balaban J connectivity index is 2.06. The molecule has 0 saturated heterocycles. The maximum Gasteiger partial charge on any atom is 0.341 e. The SMILES string of the molecule is CCOC(=O)c1cnc2c(cnn2C)c1N(C)Cc1ccc(C)c(F)c1. The van der Waals surface area contributed by atoms with Gasteiger partial charge in [-0.25, -0.2) is 14.2 Å². The zero-order chi connectivity index (χ0) is 18.8. The number of halogens is 1. The van der Waals surface area contributed by atoms with Crippen LogP contribution in [-0.2, 0) is 18.3 Å². The maximum atomic E-state index is 13.9. The molecule has 0 N–H and O–H groups in total. The van der Waals surface area contributed by atoms with Crippen molar-refractivity contribution in [2.45, 2.75) is 20.4 Å². The molecule has 0 aliphatic rings. The van der Waals surface area contributed by atoms with Crippen LogP contribution < -0.4 is 4.90 Å². The molecule has 2 aromatic heterocycles. The van der Waals surface area contributed by atoms with Crippen LogP contribution in [0.15, 0.2) is 30.6 Å². The van der Waals surface area contributed by atoms with E-state index in [4.69, 9.17) is 4.74 Å². The van der Waals surface area contributed by atoms with Crippen molar-refractivity contribution >= 4 is 22.7 Å². The van der Waals surface area contributed by atoms with Gasteiger partial charge in [-0.2, -0.15) is 5.10 Å². The Kier molecular flexibility index (Phi) is 4.88. The summed E-state index contributed by atoms with van der Waals surface area (Å²) in [4.78, 5) is 18.6. The van der Waals surface area contributed by atoms with Gasteiger partial charge in [-0.1, -0.05) is 12.1 Å². The molecule has 6 nitrogen and oxygen atoms in total. The molecule has 7 heteroatoms. The highest BCUT2D eigenvalue weighted by Gasteiger charge is 2.21. The molecule has 0 atom stereocenters. The van der Waals surface area contributed by atoms with Gasteiger partial charge in [0.15, 0.2) is 5.65 Å². The van der Waals surface area contributed by atoms with E-state index in [1.54, 1.807) is 37.8 Å². The molecule has 0 saturated carbocycles. The number of benzene rings is 1. The van der Waals surface area contributed by atoms with Gasteiger partial charge in [0.1, 0.15) is 11.4 Å². The van der Waals surface area contributed by atoms with E-state index in [9.17, 15) is 9.18 Å². The molecule has 0 aliphatic carbocycles. The minimum absolute atomic E-state index is 0.247. The van der Waals surface area contributed by atoms with E-state index in [0.29, 0.717) is 29.0 Å². The fourth-order valence-corrected chi connectivity index (χ4v) is 2.94. The first-order valence-corrected chi connectivity index (χ1v) is 8.36. The first-order valence-electron chi connectivity index (χ1n) is 8.36. The molecule has 0 bridgehead atoms. The number of esters is 1. The van der Waals surface area contributed by atoms with Crippen molar-refractivity contribution in [2.24, 2.45) is 7.05 Å². The lowest BCUT2D eigenvalue weighted by atomic mass is 10.1. The third-order valence-corrected chi connectivity index (χ3v) is 4.27. The number of fused-ring (bicyclic) bond motifs is 1. The molecule has 0 spiro atoms. The Morgan fingerprint density at radius 2 is 2.12 bits per heavy atom. The standard InChI is InChI=1S/C19H21FN4O2/c1-5-26-19(25)15-9-21-18-14(10-22-24(18)4)17(15)23(3)11-13-7-6-12(2)16(20)8-13/h6-10H,5,11H2,1-4H3. The van der Waals surface area contributed by atoms with Crippen molar-refractivity contribution in [3.63, 3.8) is 0 Å². The van der Waals surface area contributed by atoms with Crippen LogP contribution in [0.25, 0.3) is 11.0 Å². The number of aryl methyl sites for hydroxylation is 2. The highest BCUT2D eigenvalue weighted by Crippen LogP contribution is 2.30. The van der Waals surface area contributed by atoms with Gasteiger partial charge in [0.25, 0.3) is 0 Å². The van der Waals surface area contributed by atoms with Crippen LogP contribution in [0.5, 0.6) is 0 Å². The Morgan fingerprint density at radius 1 is 1.35 bits per heavy atom. The van der Waals surface area contributed by atoms with Crippen LogP contribution >= 0.6 is 0 Å². The fraction of sp³-hybridized carbons (Fsp3) is 0.316. The lowest BCUT2D eigenvalue weighted by Gasteiger charge is -2.23. The van der Waals surface area contributed by atoms with Crippen LogP contribution in [-0.4, -0.2) is 34.4 Å². The minimum Gasteiger partial charge on any atom is -0.462 e. The lowest BCUT2D eigenvalue weighted by molar-refractivity contribution is 0.0527. The van der Waals surface area contributed by atoms with Gasteiger partial charge in [0.2, 0.25) is 0 Å². The summed E-state index contributed by atoms with van der Waals surface area (Å²) >= 11 is 0. The van der Waals surface area contributed by atoms with E-state index in [0.717, 1.165) is 10.9 Å². The lowest BCUT2D eigenvalue weighted by Crippen LogP contribution is -2.21. The predicted molar refractivity (Wildman–Crippen MR) is 97.7 cm³/mol. The average molecular weight is 356 g/mol. The van der Waals surface area contributed by atoms with Gasteiger partial charge in [-0.15, -0.1) is 0 Å². The fourth-order valence-electron chi connectivity index (χ4n) is 2.94. The van der Waals surface area contributed by atoms with Gasteiger partial charge < -0.3 is 9.64 Å². The Morgan fingerprint density at radius 3 is 2.81 bits per heavy atom. The highest BCUT2D eigenvalue weighted by atomic mass is 19.1. The Bertz CT molecular complexity index is 968. The second kappa shape index (κ2) is 7.11. The molecule has 0 aliphatic heterocycles. The third kappa shape index (κ3) is 3.24. The molecule has 3 aromatic rings. The molecular formula is C19H21FN4O2. The third-order valence-electron chi connectivity index (χ3n) is 4.27. The van der Waals surface area contributed by atoms with Gasteiger partial charge in [0, 0.05) is 26.8 Å². The average Bonchev–Trinajstić information content (AvgIpc) is 2.98. The van der Waals surface area contributed by atoms with Gasteiger partial charge >= 0.3 is 5.97 Å². The van der Waals surface area contributed by atoms with Crippen molar-refractivity contribution in [2.75, 3.05) is 18.6 Å². The van der Waals surface area contributed by atoms with Gasteiger partial charge in [0.05, 0.1) is 23.9 Å². The van der Waals surface area contributed by atoms with E-state index in [1.165, 1.54) is 12.3 Å². The first kappa shape index (κ1) is 17.8. The number of pyridine rings is 1. The highest BCUT2D eigenvalue weighted by molar-refractivity contribution is 6.04. The monoisotopic (exact) mass is 356 g/mol. The number of aromatic nitrogens is 3. The first-order chi connectivity index (χ1) is 12.4. The topological polar surface area (TPSA) is 60.2 Å². The summed E-state index contributed by atoms with van der Waals surface area (Å²) in [6, 6.07) is 5.13. The number of hydrogen-bond donors (Lipinski definition) is 0. The molecule has 136 valence electrons. The molecule has 3 rings (SSSR count). The summed E-state index contributed by atoms with van der Waals surface area (Å²) in [5.41, 5.74) is 3.10. The van der Waals surface area contributed by atoms with E-state index in [-0.39, 0.29) is 12.4 Å². The number of ether oxygens (including phenoxy) is 1. The summed E-state index contributed by atoms with van der Waals surface area (Å²) in [6.07, 6.45) is 3.18. The zero-order valence-corrected chi connectivity index (χ0v) is 15.3. The van der Waals surface area contributed by atoms with E-state index >= 15 is 0 Å². The van der Waals surface area contributed by atoms with Crippen LogP contribution in [0.2, 0.25) is 0 Å². The van der Waals surface area contributed by atoms with Crippen LogP contribution in [0.4, 0.5) is 10.1 Å². The summed E-state index contributed by atoms with van der Waals surface area (Å²) in [5.74, 6) is -0.689. The quantitative estimate of drug-likeness (QED) is 0.657. The van der Waals surface area contributed by atoms with Gasteiger partial charge in [-0.05, 0) is 31.0 Å². The summed E-state index contributed by atoms with van der Waals surface area (Å²) in [7, 11) is 3.64. The van der Waals surface area contributed by atoms with E-state index in [2.05, 4.69) is 10.1 Å². The van der Waals surface area contributed by atoms with Crippen molar-refractivity contribution < 1.29 is 13.9 Å². The molecule has 2 heterocycles. The molecule has 0 fully saturated rings. The van der Waals surface area contributed by atoms with Crippen molar-refractivity contribution in [3.8, 4) is 0 Å². The molecular weight excluding hydrogens is 335 g/mol. The number of carbonyl (C=O) groups excluding carboxylic acids is 1.